The number of ether oxygens (including phenoxy) is 1. The lowest BCUT2D eigenvalue weighted by atomic mass is 10.1. The van der Waals surface area contributed by atoms with Crippen molar-refractivity contribution in [1.29, 1.82) is 0 Å². The minimum absolute atomic E-state index is 0.127. The first kappa shape index (κ1) is 8.35. The van der Waals surface area contributed by atoms with E-state index in [0.29, 0.717) is 18.8 Å². The Morgan fingerprint density at radius 1 is 1.40 bits per heavy atom. The van der Waals surface area contributed by atoms with Crippen molar-refractivity contribution in [3.8, 4) is 5.75 Å². The van der Waals surface area contributed by atoms with Crippen LogP contribution in [0.3, 0.4) is 0 Å². The molecule has 0 aliphatic carbocycles. The highest BCUT2D eigenvalue weighted by molar-refractivity contribution is 5.87. The Morgan fingerprint density at radius 2 is 2.27 bits per heavy atom. The topological polar surface area (TPSA) is 57.2 Å². The third kappa shape index (κ3) is 1.05. The third-order valence-electron chi connectivity index (χ3n) is 2.68. The Morgan fingerprint density at radius 3 is 3.13 bits per heavy atom. The second-order valence-corrected chi connectivity index (χ2v) is 3.60. The van der Waals surface area contributed by atoms with Crippen molar-refractivity contribution in [1.82, 2.24) is 4.57 Å². The van der Waals surface area contributed by atoms with Crippen molar-refractivity contribution < 1.29 is 4.74 Å². The van der Waals surface area contributed by atoms with Gasteiger partial charge in [-0.25, -0.2) is 0 Å². The molecule has 0 radical (unpaired) electrons. The highest BCUT2D eigenvalue weighted by Crippen LogP contribution is 2.27. The predicted octanol–water partition coefficient (Wildman–Crippen LogP) is 0.976. The molecule has 0 bridgehead atoms. The van der Waals surface area contributed by atoms with Crippen molar-refractivity contribution in [3.05, 3.63) is 34.6 Å². The number of hydrogen-bond acceptors (Lipinski definition) is 3. The van der Waals surface area contributed by atoms with Crippen molar-refractivity contribution in [3.63, 3.8) is 0 Å². The molecule has 0 spiro atoms. The summed E-state index contributed by atoms with van der Waals surface area (Å²) in [7, 11) is 0. The minimum atomic E-state index is -0.127. The van der Waals surface area contributed by atoms with Crippen LogP contribution in [-0.4, -0.2) is 11.2 Å². The molecule has 15 heavy (non-hydrogen) atoms. The Labute approximate surface area is 85.9 Å². The molecule has 2 heterocycles. The number of pyridine rings is 1. The van der Waals surface area contributed by atoms with Gasteiger partial charge in [-0.2, -0.15) is 0 Å². The van der Waals surface area contributed by atoms with Gasteiger partial charge in [0.05, 0.1) is 17.7 Å². The smallest absolute Gasteiger partial charge is 0.274 e. The van der Waals surface area contributed by atoms with Crippen LogP contribution in [0.1, 0.15) is 0 Å². The van der Waals surface area contributed by atoms with E-state index in [1.807, 2.05) is 18.2 Å². The van der Waals surface area contributed by atoms with E-state index in [2.05, 4.69) is 0 Å². The van der Waals surface area contributed by atoms with E-state index in [9.17, 15) is 4.79 Å². The molecule has 0 unspecified atom stereocenters. The number of benzene rings is 1. The molecule has 4 heteroatoms. The lowest BCUT2D eigenvalue weighted by Gasteiger charge is -2.20. The molecule has 0 amide bonds. The Bertz CT molecular complexity index is 601. The van der Waals surface area contributed by atoms with Gasteiger partial charge in [0.1, 0.15) is 12.4 Å². The summed E-state index contributed by atoms with van der Waals surface area (Å²) in [5, 5.41) is 0.948. The van der Waals surface area contributed by atoms with Gasteiger partial charge in [0.15, 0.2) is 0 Å². The average Bonchev–Trinajstić information content (AvgIpc) is 2.26. The monoisotopic (exact) mass is 202 g/mol. The molecule has 0 fully saturated rings. The minimum Gasteiger partial charge on any atom is -0.490 e. The Balaban J connectivity index is 2.57. The van der Waals surface area contributed by atoms with Gasteiger partial charge in [-0.05, 0) is 12.1 Å². The van der Waals surface area contributed by atoms with E-state index in [-0.39, 0.29) is 5.56 Å². The van der Waals surface area contributed by atoms with Crippen LogP contribution in [0, 0.1) is 0 Å². The van der Waals surface area contributed by atoms with Crippen LogP contribution >= 0.6 is 0 Å². The molecule has 76 valence electrons. The maximum absolute atomic E-state index is 11.8. The van der Waals surface area contributed by atoms with Gasteiger partial charge in [0.25, 0.3) is 5.56 Å². The lowest BCUT2D eigenvalue weighted by Crippen LogP contribution is -2.28. The van der Waals surface area contributed by atoms with E-state index >= 15 is 0 Å². The maximum Gasteiger partial charge on any atom is 0.274 e. The molecule has 1 aromatic carbocycles. The summed E-state index contributed by atoms with van der Waals surface area (Å²) in [5.41, 5.74) is 6.68. The van der Waals surface area contributed by atoms with Gasteiger partial charge < -0.3 is 10.5 Å². The summed E-state index contributed by atoms with van der Waals surface area (Å²) in [6, 6.07) is 7.40. The number of para-hydroxylation sites is 1. The van der Waals surface area contributed by atoms with Gasteiger partial charge in [-0.3, -0.25) is 9.36 Å². The number of rotatable bonds is 0. The largest absolute Gasteiger partial charge is 0.490 e. The fraction of sp³-hybridized carbons (Fsp3) is 0.182. The number of aromatic nitrogens is 1. The molecular weight excluding hydrogens is 192 g/mol. The van der Waals surface area contributed by atoms with Gasteiger partial charge in [-0.15, -0.1) is 0 Å². The second-order valence-electron chi connectivity index (χ2n) is 3.60. The zero-order chi connectivity index (χ0) is 10.4. The summed E-state index contributed by atoms with van der Waals surface area (Å²) in [4.78, 5) is 11.8. The third-order valence-corrected chi connectivity index (χ3v) is 2.68. The first-order valence-electron chi connectivity index (χ1n) is 4.82. The molecule has 3 rings (SSSR count). The van der Waals surface area contributed by atoms with E-state index in [0.717, 1.165) is 16.7 Å². The highest BCUT2D eigenvalue weighted by atomic mass is 16.5. The molecule has 0 saturated carbocycles. The Kier molecular flexibility index (Phi) is 1.54. The quantitative estimate of drug-likeness (QED) is 0.692. The van der Waals surface area contributed by atoms with E-state index in [4.69, 9.17) is 10.5 Å². The molecular formula is C11H10N2O2. The first-order chi connectivity index (χ1) is 7.27. The predicted molar refractivity (Wildman–Crippen MR) is 58.1 cm³/mol. The normalized spacial score (nSPS) is 13.9. The van der Waals surface area contributed by atoms with Crippen LogP contribution < -0.4 is 16.0 Å². The standard InChI is InChI=1S/C11H10N2O2/c12-8-6-7-2-1-3-9-10(7)13(11(8)14)4-5-15-9/h1-3,6H,4-5,12H2. The van der Waals surface area contributed by atoms with Gasteiger partial charge >= 0.3 is 0 Å². The van der Waals surface area contributed by atoms with E-state index in [1.165, 1.54) is 0 Å². The SMILES string of the molecule is Nc1cc2cccc3c2n(c1=O)CCO3. The maximum atomic E-state index is 11.8. The summed E-state index contributed by atoms with van der Waals surface area (Å²) < 4.78 is 7.17. The molecule has 1 aliphatic heterocycles. The van der Waals surface area contributed by atoms with Crippen LogP contribution in [0.2, 0.25) is 0 Å². The highest BCUT2D eigenvalue weighted by Gasteiger charge is 2.15. The summed E-state index contributed by atoms with van der Waals surface area (Å²) in [6.07, 6.45) is 0. The number of nitrogens with two attached hydrogens (primary N) is 1. The van der Waals surface area contributed by atoms with E-state index in [1.54, 1.807) is 10.6 Å². The molecule has 0 atom stereocenters. The number of hydrogen-bond donors (Lipinski definition) is 1. The van der Waals surface area contributed by atoms with Crippen LogP contribution in [0.15, 0.2) is 29.1 Å². The van der Waals surface area contributed by atoms with Gasteiger partial charge in [0, 0.05) is 5.39 Å². The molecule has 1 aromatic heterocycles. The number of anilines is 1. The molecule has 4 nitrogen and oxygen atoms in total. The summed E-state index contributed by atoms with van der Waals surface area (Å²) in [5.74, 6) is 0.760. The van der Waals surface area contributed by atoms with Gasteiger partial charge in [0.2, 0.25) is 0 Å². The van der Waals surface area contributed by atoms with Gasteiger partial charge in [-0.1, -0.05) is 12.1 Å². The summed E-state index contributed by atoms with van der Waals surface area (Å²) >= 11 is 0. The van der Waals surface area contributed by atoms with Crippen LogP contribution in [0.5, 0.6) is 5.75 Å². The van der Waals surface area contributed by atoms with Crippen LogP contribution in [0.25, 0.3) is 10.9 Å². The van der Waals surface area contributed by atoms with Crippen LogP contribution in [0.4, 0.5) is 5.69 Å². The first-order valence-corrected chi connectivity index (χ1v) is 4.82. The molecule has 1 aliphatic rings. The van der Waals surface area contributed by atoms with Crippen LogP contribution in [-0.2, 0) is 6.54 Å². The molecule has 2 aromatic rings. The van der Waals surface area contributed by atoms with Crippen molar-refractivity contribution in [2.45, 2.75) is 6.54 Å². The number of nitrogen functional groups attached to an aromatic ring is 1. The summed E-state index contributed by atoms with van der Waals surface area (Å²) in [6.45, 7) is 1.09. The van der Waals surface area contributed by atoms with Crippen molar-refractivity contribution >= 4 is 16.6 Å². The molecule has 2 N–H and O–H groups in total. The second kappa shape index (κ2) is 2.76. The zero-order valence-electron chi connectivity index (χ0n) is 8.06. The zero-order valence-corrected chi connectivity index (χ0v) is 8.06. The van der Waals surface area contributed by atoms with Crippen molar-refractivity contribution in [2.75, 3.05) is 12.3 Å². The molecule has 0 saturated heterocycles. The number of nitrogens with zero attached hydrogens (tertiary/aromatic N) is 1. The lowest BCUT2D eigenvalue weighted by molar-refractivity contribution is 0.284. The van der Waals surface area contributed by atoms with E-state index < -0.39 is 0 Å². The fourth-order valence-corrected chi connectivity index (χ4v) is 2.01. The fourth-order valence-electron chi connectivity index (χ4n) is 2.01. The Hall–Kier alpha value is -1.97. The average molecular weight is 202 g/mol. The van der Waals surface area contributed by atoms with Crippen molar-refractivity contribution in [2.24, 2.45) is 0 Å².